The smallest absolute Gasteiger partial charge is 0.330 e. The highest BCUT2D eigenvalue weighted by Gasteiger charge is 2.28. The molecule has 0 fully saturated rings. The topological polar surface area (TPSA) is 58.6 Å². The maximum absolute atomic E-state index is 14.0. The maximum Gasteiger partial charge on any atom is 0.330 e. The van der Waals surface area contributed by atoms with Crippen LogP contribution in [-0.2, 0) is 16.0 Å². The van der Waals surface area contributed by atoms with Crippen molar-refractivity contribution in [3.05, 3.63) is 29.6 Å². The average Bonchev–Trinajstić information content (AvgIpc) is 2.44. The minimum atomic E-state index is -0.913. The number of aryl methyl sites for hydroxylation is 1. The molecule has 0 aliphatic heterocycles. The third kappa shape index (κ3) is 5.34. The molecule has 4 nitrogen and oxygen atoms in total. The zero-order chi connectivity index (χ0) is 15.9. The Morgan fingerprint density at radius 3 is 2.62 bits per heavy atom. The Morgan fingerprint density at radius 1 is 1.33 bits per heavy atom. The van der Waals surface area contributed by atoms with E-state index in [1.807, 2.05) is 0 Å². The molecule has 2 N–H and O–H groups in total. The maximum atomic E-state index is 14.0. The number of benzene rings is 1. The van der Waals surface area contributed by atoms with Gasteiger partial charge in [-0.3, -0.25) is 0 Å². The monoisotopic (exact) mass is 297 g/mol. The van der Waals surface area contributed by atoms with Crippen LogP contribution in [0.1, 0.15) is 38.7 Å². The first-order chi connectivity index (χ1) is 9.90. The van der Waals surface area contributed by atoms with Gasteiger partial charge in [-0.1, -0.05) is 12.5 Å². The molecule has 0 heterocycles. The quantitative estimate of drug-likeness (QED) is 0.572. The summed E-state index contributed by atoms with van der Waals surface area (Å²) in [7, 11) is 1.32. The average molecular weight is 297 g/mol. The van der Waals surface area contributed by atoms with Gasteiger partial charge in [0.05, 0.1) is 7.11 Å². The Kier molecular flexibility index (Phi) is 6.62. The Morgan fingerprint density at radius 2 is 2.05 bits per heavy atom. The Bertz CT molecular complexity index is 475. The van der Waals surface area contributed by atoms with E-state index in [-0.39, 0.29) is 12.4 Å². The van der Waals surface area contributed by atoms with Crippen molar-refractivity contribution in [1.29, 1.82) is 0 Å². The molecule has 0 bridgehead atoms. The number of ether oxygens (including phenoxy) is 1. The van der Waals surface area contributed by atoms with E-state index in [9.17, 15) is 9.18 Å². The minimum Gasteiger partial charge on any atom is -0.467 e. The fourth-order valence-corrected chi connectivity index (χ4v) is 2.10. The lowest BCUT2D eigenvalue weighted by Gasteiger charge is -2.24. The van der Waals surface area contributed by atoms with E-state index >= 15 is 0 Å². The predicted octanol–water partition coefficient (Wildman–Crippen LogP) is 2.89. The first-order valence-corrected chi connectivity index (χ1v) is 7.16. The molecule has 118 valence electrons. The fourth-order valence-electron chi connectivity index (χ4n) is 2.10. The number of esters is 1. The van der Waals surface area contributed by atoms with Crippen molar-refractivity contribution in [2.24, 2.45) is 0 Å². The summed E-state index contributed by atoms with van der Waals surface area (Å²) in [6, 6.07) is 4.88. The van der Waals surface area contributed by atoms with Crippen LogP contribution in [0, 0.1) is 5.82 Å². The lowest BCUT2D eigenvalue weighted by atomic mass is 10.0. The highest BCUT2D eigenvalue weighted by atomic mass is 19.1. The zero-order valence-electron chi connectivity index (χ0n) is 12.9. The summed E-state index contributed by atoms with van der Waals surface area (Å²) in [5.74, 6) is -0.694. The number of aliphatic hydroxyl groups is 1. The molecular formula is C16H24FNO3. The van der Waals surface area contributed by atoms with Crippen molar-refractivity contribution < 1.29 is 19.0 Å². The first kappa shape index (κ1) is 17.4. The van der Waals surface area contributed by atoms with Crippen LogP contribution in [0.5, 0.6) is 0 Å². The largest absolute Gasteiger partial charge is 0.467 e. The zero-order valence-corrected chi connectivity index (χ0v) is 12.9. The van der Waals surface area contributed by atoms with Gasteiger partial charge in [-0.25, -0.2) is 9.18 Å². The van der Waals surface area contributed by atoms with Gasteiger partial charge in [0, 0.05) is 12.3 Å². The molecule has 1 rings (SSSR count). The fraction of sp³-hybridized carbons (Fsp3) is 0.562. The lowest BCUT2D eigenvalue weighted by molar-refractivity contribution is -0.144. The van der Waals surface area contributed by atoms with Crippen LogP contribution in [-0.4, -0.2) is 30.3 Å². The summed E-state index contributed by atoms with van der Waals surface area (Å²) >= 11 is 0. The van der Waals surface area contributed by atoms with Crippen LogP contribution in [0.15, 0.2) is 18.2 Å². The number of unbranched alkanes of at least 4 members (excludes halogenated alkanes) is 2. The van der Waals surface area contributed by atoms with Crippen LogP contribution >= 0.6 is 0 Å². The molecule has 0 saturated carbocycles. The SMILES string of the molecule is COC(=O)C(C)(C)Nc1ccc(CCCCCO)c(F)c1. The number of nitrogens with one attached hydrogen (secondary N) is 1. The van der Waals surface area contributed by atoms with E-state index in [0.717, 1.165) is 19.3 Å². The number of rotatable bonds is 8. The molecule has 0 aromatic heterocycles. The van der Waals surface area contributed by atoms with E-state index in [0.29, 0.717) is 17.7 Å². The summed E-state index contributed by atoms with van der Waals surface area (Å²) in [5, 5.41) is 11.7. The van der Waals surface area contributed by atoms with Crippen molar-refractivity contribution in [1.82, 2.24) is 0 Å². The molecule has 0 unspecified atom stereocenters. The van der Waals surface area contributed by atoms with Gasteiger partial charge in [-0.2, -0.15) is 0 Å². The number of halogens is 1. The number of aliphatic hydroxyl groups excluding tert-OH is 1. The van der Waals surface area contributed by atoms with Gasteiger partial charge in [0.2, 0.25) is 0 Å². The van der Waals surface area contributed by atoms with E-state index in [4.69, 9.17) is 9.84 Å². The molecule has 0 aliphatic rings. The summed E-state index contributed by atoms with van der Waals surface area (Å²) in [4.78, 5) is 11.6. The molecule has 0 aliphatic carbocycles. The number of hydrogen-bond donors (Lipinski definition) is 2. The van der Waals surface area contributed by atoms with Crippen molar-refractivity contribution in [2.45, 2.75) is 45.1 Å². The Balaban J connectivity index is 2.67. The van der Waals surface area contributed by atoms with Crippen molar-refractivity contribution in [3.8, 4) is 0 Å². The Labute approximate surface area is 125 Å². The number of carbonyl (C=O) groups excluding carboxylic acids is 1. The normalized spacial score (nSPS) is 11.3. The van der Waals surface area contributed by atoms with Gasteiger partial charge < -0.3 is 15.2 Å². The van der Waals surface area contributed by atoms with E-state index in [1.165, 1.54) is 13.2 Å². The third-order valence-electron chi connectivity index (χ3n) is 3.31. The molecule has 0 radical (unpaired) electrons. The first-order valence-electron chi connectivity index (χ1n) is 7.16. The van der Waals surface area contributed by atoms with Gasteiger partial charge in [0.25, 0.3) is 0 Å². The number of hydrogen-bond acceptors (Lipinski definition) is 4. The summed E-state index contributed by atoms with van der Waals surface area (Å²) in [5.41, 5.74) is 0.278. The molecule has 0 atom stereocenters. The summed E-state index contributed by atoms with van der Waals surface area (Å²) < 4.78 is 18.7. The number of methoxy groups -OCH3 is 1. The van der Waals surface area contributed by atoms with Gasteiger partial charge in [0.15, 0.2) is 0 Å². The molecule has 5 heteroatoms. The third-order valence-corrected chi connectivity index (χ3v) is 3.31. The van der Waals surface area contributed by atoms with Crippen LogP contribution < -0.4 is 5.32 Å². The van der Waals surface area contributed by atoms with Crippen LogP contribution in [0.2, 0.25) is 0 Å². The molecule has 0 saturated heterocycles. The second-order valence-electron chi connectivity index (χ2n) is 5.58. The summed E-state index contributed by atoms with van der Waals surface area (Å²) in [6.45, 7) is 3.53. The molecule has 0 spiro atoms. The van der Waals surface area contributed by atoms with E-state index in [2.05, 4.69) is 5.32 Å². The molecular weight excluding hydrogens is 273 g/mol. The molecule has 1 aromatic carbocycles. The number of carbonyl (C=O) groups is 1. The standard InChI is InChI=1S/C16H24FNO3/c1-16(2,15(20)21-3)18-13-9-8-12(14(17)11-13)7-5-4-6-10-19/h8-9,11,18-19H,4-7,10H2,1-3H3. The van der Waals surface area contributed by atoms with Crippen LogP contribution in [0.4, 0.5) is 10.1 Å². The van der Waals surface area contributed by atoms with Crippen molar-refractivity contribution in [2.75, 3.05) is 19.0 Å². The number of anilines is 1. The van der Waals surface area contributed by atoms with Crippen molar-refractivity contribution >= 4 is 11.7 Å². The minimum absolute atomic E-state index is 0.175. The van der Waals surface area contributed by atoms with Gasteiger partial charge in [-0.05, 0) is 50.8 Å². The predicted molar refractivity (Wildman–Crippen MR) is 80.8 cm³/mol. The highest BCUT2D eigenvalue weighted by Crippen LogP contribution is 2.21. The summed E-state index contributed by atoms with van der Waals surface area (Å²) in [6.07, 6.45) is 3.12. The second kappa shape index (κ2) is 7.98. The molecule has 0 amide bonds. The molecule has 21 heavy (non-hydrogen) atoms. The van der Waals surface area contributed by atoms with E-state index < -0.39 is 11.5 Å². The lowest BCUT2D eigenvalue weighted by Crippen LogP contribution is -2.41. The molecule has 1 aromatic rings. The van der Waals surface area contributed by atoms with Crippen LogP contribution in [0.3, 0.4) is 0 Å². The highest BCUT2D eigenvalue weighted by molar-refractivity contribution is 5.83. The van der Waals surface area contributed by atoms with E-state index in [1.54, 1.807) is 26.0 Å². The van der Waals surface area contributed by atoms with Crippen molar-refractivity contribution in [3.63, 3.8) is 0 Å². The van der Waals surface area contributed by atoms with Crippen LogP contribution in [0.25, 0.3) is 0 Å². The second-order valence-corrected chi connectivity index (χ2v) is 5.58. The van der Waals surface area contributed by atoms with Gasteiger partial charge in [-0.15, -0.1) is 0 Å². The van der Waals surface area contributed by atoms with Gasteiger partial charge in [0.1, 0.15) is 11.4 Å². The van der Waals surface area contributed by atoms with Gasteiger partial charge >= 0.3 is 5.97 Å². The Hall–Kier alpha value is -1.62.